The lowest BCUT2D eigenvalue weighted by atomic mass is 9.89. The Kier molecular flexibility index (Phi) is 5.09. The van der Waals surface area contributed by atoms with E-state index in [1.165, 1.54) is 19.3 Å². The molecule has 2 nitrogen and oxygen atoms in total. The Hall–Kier alpha value is -1.02. The third-order valence-corrected chi connectivity index (χ3v) is 4.93. The second-order valence-corrected chi connectivity index (χ2v) is 6.71. The highest BCUT2D eigenvalue weighted by Crippen LogP contribution is 2.32. The summed E-state index contributed by atoms with van der Waals surface area (Å²) in [5.41, 5.74) is 2.19. The predicted molar refractivity (Wildman–Crippen MR) is 85.0 cm³/mol. The van der Waals surface area contributed by atoms with Crippen molar-refractivity contribution in [3.05, 3.63) is 29.3 Å². The van der Waals surface area contributed by atoms with E-state index in [0.29, 0.717) is 11.8 Å². The molecular formula is C18H29NO. The van der Waals surface area contributed by atoms with Gasteiger partial charge < -0.3 is 5.11 Å². The predicted octanol–water partition coefficient (Wildman–Crippen LogP) is 4.52. The number of benzene rings is 1. The van der Waals surface area contributed by atoms with E-state index in [-0.39, 0.29) is 0 Å². The zero-order valence-corrected chi connectivity index (χ0v) is 13.4. The van der Waals surface area contributed by atoms with E-state index < -0.39 is 0 Å². The van der Waals surface area contributed by atoms with Gasteiger partial charge in [0.1, 0.15) is 5.75 Å². The van der Waals surface area contributed by atoms with E-state index in [2.05, 4.69) is 37.8 Å². The van der Waals surface area contributed by atoms with Crippen LogP contribution in [-0.4, -0.2) is 23.1 Å². The summed E-state index contributed by atoms with van der Waals surface area (Å²) in [5.74, 6) is 2.10. The molecule has 2 unspecified atom stereocenters. The first kappa shape index (κ1) is 15.4. The molecule has 20 heavy (non-hydrogen) atoms. The summed E-state index contributed by atoms with van der Waals surface area (Å²) in [7, 11) is 0. The van der Waals surface area contributed by atoms with Gasteiger partial charge in [-0.1, -0.05) is 26.0 Å². The van der Waals surface area contributed by atoms with Gasteiger partial charge in [-0.3, -0.25) is 4.90 Å². The average molecular weight is 275 g/mol. The highest BCUT2D eigenvalue weighted by atomic mass is 16.3. The number of phenols is 1. The van der Waals surface area contributed by atoms with Gasteiger partial charge in [-0.25, -0.2) is 0 Å². The first-order valence-corrected chi connectivity index (χ1v) is 8.02. The fourth-order valence-corrected chi connectivity index (χ4v) is 3.40. The quantitative estimate of drug-likeness (QED) is 0.876. The molecular weight excluding hydrogens is 246 g/mol. The van der Waals surface area contributed by atoms with Crippen molar-refractivity contribution in [2.45, 2.75) is 53.0 Å². The molecule has 0 amide bonds. The topological polar surface area (TPSA) is 23.5 Å². The van der Waals surface area contributed by atoms with Crippen LogP contribution in [0, 0.1) is 18.8 Å². The minimum Gasteiger partial charge on any atom is -0.508 e. The maximum atomic E-state index is 10.2. The molecule has 1 aromatic rings. The van der Waals surface area contributed by atoms with Gasteiger partial charge in [-0.05, 0) is 69.7 Å². The minimum atomic E-state index is 0.307. The first-order chi connectivity index (χ1) is 9.49. The largest absolute Gasteiger partial charge is 0.508 e. The maximum Gasteiger partial charge on any atom is 0.120 e. The summed E-state index contributed by atoms with van der Waals surface area (Å²) >= 11 is 0. The summed E-state index contributed by atoms with van der Waals surface area (Å²) < 4.78 is 0. The van der Waals surface area contributed by atoms with Crippen LogP contribution in [0.5, 0.6) is 5.75 Å². The van der Waals surface area contributed by atoms with Gasteiger partial charge in [0.2, 0.25) is 0 Å². The van der Waals surface area contributed by atoms with Gasteiger partial charge in [0.15, 0.2) is 0 Å². The molecule has 2 rings (SSSR count). The van der Waals surface area contributed by atoms with Gasteiger partial charge in [-0.2, -0.15) is 0 Å². The van der Waals surface area contributed by atoms with Crippen LogP contribution in [-0.2, 0) is 0 Å². The molecule has 1 saturated heterocycles. The molecule has 1 aliphatic heterocycles. The highest BCUT2D eigenvalue weighted by molar-refractivity contribution is 5.37. The smallest absolute Gasteiger partial charge is 0.120 e. The van der Waals surface area contributed by atoms with Crippen molar-refractivity contribution in [1.82, 2.24) is 4.90 Å². The number of aryl methyl sites for hydroxylation is 1. The lowest BCUT2D eigenvalue weighted by Crippen LogP contribution is -2.28. The molecule has 0 aromatic heterocycles. The summed E-state index contributed by atoms with van der Waals surface area (Å²) in [5, 5.41) is 10.2. The molecule has 2 heteroatoms. The lowest BCUT2D eigenvalue weighted by Gasteiger charge is -2.29. The number of hydrogen-bond donors (Lipinski definition) is 1. The summed E-state index contributed by atoms with van der Waals surface area (Å²) in [4.78, 5) is 2.53. The van der Waals surface area contributed by atoms with Crippen LogP contribution in [0.4, 0.5) is 0 Å². The maximum absolute atomic E-state index is 10.2. The second kappa shape index (κ2) is 6.62. The monoisotopic (exact) mass is 275 g/mol. The van der Waals surface area contributed by atoms with Crippen molar-refractivity contribution in [3.8, 4) is 5.75 Å². The van der Waals surface area contributed by atoms with Crippen molar-refractivity contribution in [2.75, 3.05) is 13.1 Å². The van der Waals surface area contributed by atoms with E-state index >= 15 is 0 Å². The summed E-state index contributed by atoms with van der Waals surface area (Å²) in [6.07, 6.45) is 3.91. The van der Waals surface area contributed by atoms with Crippen LogP contribution in [0.25, 0.3) is 0 Å². The van der Waals surface area contributed by atoms with Crippen LogP contribution < -0.4 is 0 Å². The number of aromatic hydroxyl groups is 1. The van der Waals surface area contributed by atoms with E-state index in [1.54, 1.807) is 0 Å². The third kappa shape index (κ3) is 3.54. The Bertz CT molecular complexity index is 441. The highest BCUT2D eigenvalue weighted by Gasteiger charge is 2.24. The van der Waals surface area contributed by atoms with Gasteiger partial charge in [0, 0.05) is 11.6 Å². The van der Waals surface area contributed by atoms with Gasteiger partial charge >= 0.3 is 0 Å². The van der Waals surface area contributed by atoms with Gasteiger partial charge in [0.25, 0.3) is 0 Å². The SMILES string of the molecule is Cc1ccc(C(C)N2CCCC(C(C)C)CC2)c(O)c1. The number of nitrogens with zero attached hydrogens (tertiary/aromatic N) is 1. The van der Waals surface area contributed by atoms with E-state index in [1.807, 2.05) is 13.0 Å². The Morgan fingerprint density at radius 1 is 1.15 bits per heavy atom. The van der Waals surface area contributed by atoms with Gasteiger partial charge in [-0.15, -0.1) is 0 Å². The van der Waals surface area contributed by atoms with Crippen LogP contribution in [0.15, 0.2) is 18.2 Å². The molecule has 112 valence electrons. The fourth-order valence-electron chi connectivity index (χ4n) is 3.40. The molecule has 0 aliphatic carbocycles. The second-order valence-electron chi connectivity index (χ2n) is 6.71. The Balaban J connectivity index is 2.07. The molecule has 1 fully saturated rings. The number of rotatable bonds is 3. The molecule has 0 saturated carbocycles. The Morgan fingerprint density at radius 3 is 2.55 bits per heavy atom. The number of phenolic OH excluding ortho intramolecular Hbond substituents is 1. The first-order valence-electron chi connectivity index (χ1n) is 8.02. The molecule has 1 heterocycles. The summed E-state index contributed by atoms with van der Waals surface area (Å²) in [6.45, 7) is 11.2. The van der Waals surface area contributed by atoms with Crippen molar-refractivity contribution in [2.24, 2.45) is 11.8 Å². The Labute approximate surface area is 123 Å². The standard InChI is InChI=1S/C18H29NO/c1-13(2)16-6-5-10-19(11-9-16)15(4)17-8-7-14(3)12-18(17)20/h7-8,12-13,15-16,20H,5-6,9-11H2,1-4H3. The molecule has 1 aromatic carbocycles. The van der Waals surface area contributed by atoms with Crippen molar-refractivity contribution in [1.29, 1.82) is 0 Å². The molecule has 0 spiro atoms. The zero-order valence-electron chi connectivity index (χ0n) is 13.4. The van der Waals surface area contributed by atoms with E-state index in [4.69, 9.17) is 0 Å². The van der Waals surface area contributed by atoms with E-state index in [0.717, 1.165) is 36.1 Å². The van der Waals surface area contributed by atoms with Crippen molar-refractivity contribution >= 4 is 0 Å². The molecule has 2 atom stereocenters. The minimum absolute atomic E-state index is 0.307. The average Bonchev–Trinajstić information content (AvgIpc) is 2.63. The number of hydrogen-bond acceptors (Lipinski definition) is 2. The number of likely N-dealkylation sites (tertiary alicyclic amines) is 1. The molecule has 0 radical (unpaired) electrons. The third-order valence-electron chi connectivity index (χ3n) is 4.93. The van der Waals surface area contributed by atoms with Crippen LogP contribution in [0.1, 0.15) is 57.2 Å². The Morgan fingerprint density at radius 2 is 1.90 bits per heavy atom. The van der Waals surface area contributed by atoms with Crippen molar-refractivity contribution in [3.63, 3.8) is 0 Å². The fraction of sp³-hybridized carbons (Fsp3) is 0.667. The molecule has 0 bridgehead atoms. The molecule has 1 N–H and O–H groups in total. The zero-order chi connectivity index (χ0) is 14.7. The lowest BCUT2D eigenvalue weighted by molar-refractivity contribution is 0.209. The normalized spacial score (nSPS) is 22.8. The van der Waals surface area contributed by atoms with Crippen LogP contribution in [0.2, 0.25) is 0 Å². The molecule has 1 aliphatic rings. The van der Waals surface area contributed by atoms with Crippen LogP contribution >= 0.6 is 0 Å². The van der Waals surface area contributed by atoms with Gasteiger partial charge in [0.05, 0.1) is 0 Å². The summed E-state index contributed by atoms with van der Waals surface area (Å²) in [6, 6.07) is 6.36. The van der Waals surface area contributed by atoms with Crippen molar-refractivity contribution < 1.29 is 5.11 Å². The van der Waals surface area contributed by atoms with E-state index in [9.17, 15) is 5.11 Å². The van der Waals surface area contributed by atoms with Crippen LogP contribution in [0.3, 0.4) is 0 Å².